The Labute approximate surface area is 106 Å². The van der Waals surface area contributed by atoms with Crippen molar-refractivity contribution in [2.45, 2.75) is 20.3 Å². The highest BCUT2D eigenvalue weighted by Gasteiger charge is 2.18. The second kappa shape index (κ2) is 5.98. The maximum absolute atomic E-state index is 11.7. The first-order chi connectivity index (χ1) is 7.94. The molecule has 0 saturated carbocycles. The zero-order valence-electron chi connectivity index (χ0n) is 10.0. The Kier molecular flexibility index (Phi) is 4.90. The summed E-state index contributed by atoms with van der Waals surface area (Å²) in [5.41, 5.74) is 0.214. The first kappa shape index (κ1) is 13.9. The standard InChI is InChI=1S/C12H17ClN2O2/c1-12(2,5-6-16)8-15-11(17)10-4-3-9(13)7-14-10/h3-4,7,16H,5-6,8H2,1-2H3,(H,15,17). The van der Waals surface area contributed by atoms with Gasteiger partial charge in [-0.15, -0.1) is 0 Å². The number of carbonyl (C=O) groups excluding carboxylic acids is 1. The number of amides is 1. The molecule has 0 aromatic carbocycles. The third kappa shape index (κ3) is 4.71. The van der Waals surface area contributed by atoms with Crippen LogP contribution in [-0.2, 0) is 0 Å². The SMILES string of the molecule is CC(C)(CCO)CNC(=O)c1ccc(Cl)cn1. The molecule has 0 bridgehead atoms. The summed E-state index contributed by atoms with van der Waals surface area (Å²) in [6.45, 7) is 4.58. The molecule has 1 rings (SSSR count). The Morgan fingerprint density at radius 2 is 2.24 bits per heavy atom. The summed E-state index contributed by atoms with van der Waals surface area (Å²) in [5.74, 6) is -0.229. The summed E-state index contributed by atoms with van der Waals surface area (Å²) in [7, 11) is 0. The topological polar surface area (TPSA) is 62.2 Å². The van der Waals surface area contributed by atoms with Crippen LogP contribution in [0, 0.1) is 5.41 Å². The second-order valence-electron chi connectivity index (χ2n) is 4.68. The van der Waals surface area contributed by atoms with E-state index in [0.29, 0.717) is 23.7 Å². The molecule has 2 N–H and O–H groups in total. The van der Waals surface area contributed by atoms with Crippen molar-refractivity contribution in [3.05, 3.63) is 29.0 Å². The lowest BCUT2D eigenvalue weighted by Crippen LogP contribution is -2.34. The van der Waals surface area contributed by atoms with Crippen LogP contribution in [0.15, 0.2) is 18.3 Å². The van der Waals surface area contributed by atoms with Crippen molar-refractivity contribution in [3.63, 3.8) is 0 Å². The van der Waals surface area contributed by atoms with Crippen molar-refractivity contribution in [2.24, 2.45) is 5.41 Å². The van der Waals surface area contributed by atoms with Gasteiger partial charge in [-0.05, 0) is 24.0 Å². The summed E-state index contributed by atoms with van der Waals surface area (Å²) < 4.78 is 0. The summed E-state index contributed by atoms with van der Waals surface area (Å²) in [6.07, 6.45) is 2.08. The fraction of sp³-hybridized carbons (Fsp3) is 0.500. The van der Waals surface area contributed by atoms with Gasteiger partial charge in [-0.3, -0.25) is 4.79 Å². The molecule has 4 nitrogen and oxygen atoms in total. The molecule has 0 unspecified atom stereocenters. The number of rotatable bonds is 5. The number of hydrogen-bond donors (Lipinski definition) is 2. The number of nitrogens with one attached hydrogen (secondary N) is 1. The van der Waals surface area contributed by atoms with Crippen LogP contribution in [0.5, 0.6) is 0 Å². The molecule has 0 aliphatic heterocycles. The Morgan fingerprint density at radius 3 is 2.76 bits per heavy atom. The van der Waals surface area contributed by atoms with Crippen molar-refractivity contribution in [3.8, 4) is 0 Å². The van der Waals surface area contributed by atoms with Gasteiger partial charge < -0.3 is 10.4 Å². The third-order valence-electron chi connectivity index (χ3n) is 2.48. The fourth-order valence-electron chi connectivity index (χ4n) is 1.31. The van der Waals surface area contributed by atoms with Crippen LogP contribution in [0.3, 0.4) is 0 Å². The number of halogens is 1. The first-order valence-corrected chi connectivity index (χ1v) is 5.83. The van der Waals surface area contributed by atoms with Crippen LogP contribution in [0.1, 0.15) is 30.8 Å². The van der Waals surface area contributed by atoms with Crippen LogP contribution in [0.4, 0.5) is 0 Å². The van der Waals surface area contributed by atoms with Gasteiger partial charge in [-0.2, -0.15) is 0 Å². The molecule has 1 aromatic rings. The molecule has 1 aromatic heterocycles. The van der Waals surface area contributed by atoms with E-state index in [9.17, 15) is 4.79 Å². The Morgan fingerprint density at radius 1 is 1.53 bits per heavy atom. The molecule has 0 fully saturated rings. The summed E-state index contributed by atoms with van der Waals surface area (Å²) in [4.78, 5) is 15.7. The number of nitrogens with zero attached hydrogens (tertiary/aromatic N) is 1. The molecular weight excluding hydrogens is 240 g/mol. The quantitative estimate of drug-likeness (QED) is 0.846. The molecule has 5 heteroatoms. The van der Waals surface area contributed by atoms with Crippen molar-refractivity contribution in [1.29, 1.82) is 0 Å². The Balaban J connectivity index is 2.53. The van der Waals surface area contributed by atoms with Gasteiger partial charge in [0.2, 0.25) is 0 Å². The molecule has 17 heavy (non-hydrogen) atoms. The molecule has 94 valence electrons. The minimum Gasteiger partial charge on any atom is -0.396 e. The predicted octanol–water partition coefficient (Wildman–Crippen LogP) is 1.87. The van der Waals surface area contributed by atoms with E-state index >= 15 is 0 Å². The predicted molar refractivity (Wildman–Crippen MR) is 67.1 cm³/mol. The van der Waals surface area contributed by atoms with Gasteiger partial charge in [0.05, 0.1) is 5.02 Å². The van der Waals surface area contributed by atoms with Gasteiger partial charge in [0.15, 0.2) is 0 Å². The summed E-state index contributed by atoms with van der Waals surface area (Å²) in [5, 5.41) is 12.2. The fourth-order valence-corrected chi connectivity index (χ4v) is 1.42. The van der Waals surface area contributed by atoms with Crippen molar-refractivity contribution < 1.29 is 9.90 Å². The van der Waals surface area contributed by atoms with Gasteiger partial charge in [0.25, 0.3) is 5.91 Å². The molecule has 1 heterocycles. The lowest BCUT2D eigenvalue weighted by Gasteiger charge is -2.23. The number of aromatic nitrogens is 1. The van der Waals surface area contributed by atoms with Crippen LogP contribution < -0.4 is 5.32 Å². The summed E-state index contributed by atoms with van der Waals surface area (Å²) in [6, 6.07) is 3.21. The second-order valence-corrected chi connectivity index (χ2v) is 5.12. The van der Waals surface area contributed by atoms with E-state index in [1.54, 1.807) is 12.1 Å². The molecular formula is C12H17ClN2O2. The lowest BCUT2D eigenvalue weighted by atomic mass is 9.90. The maximum Gasteiger partial charge on any atom is 0.269 e. The van der Waals surface area contributed by atoms with E-state index in [0.717, 1.165) is 0 Å². The number of aliphatic hydroxyl groups excluding tert-OH is 1. The van der Waals surface area contributed by atoms with Gasteiger partial charge in [0.1, 0.15) is 5.69 Å². The van der Waals surface area contributed by atoms with Crippen LogP contribution in [0.2, 0.25) is 5.02 Å². The highest BCUT2D eigenvalue weighted by atomic mass is 35.5. The Hall–Kier alpha value is -1.13. The van der Waals surface area contributed by atoms with Gasteiger partial charge in [-0.25, -0.2) is 4.98 Å². The van der Waals surface area contributed by atoms with Gasteiger partial charge >= 0.3 is 0 Å². The van der Waals surface area contributed by atoms with E-state index in [1.807, 2.05) is 13.8 Å². The number of pyridine rings is 1. The van der Waals surface area contributed by atoms with Gasteiger partial charge in [0, 0.05) is 19.3 Å². The number of carbonyl (C=O) groups is 1. The number of aliphatic hydroxyl groups is 1. The molecule has 1 amide bonds. The smallest absolute Gasteiger partial charge is 0.269 e. The average molecular weight is 257 g/mol. The largest absolute Gasteiger partial charge is 0.396 e. The average Bonchev–Trinajstić information content (AvgIpc) is 2.27. The summed E-state index contributed by atoms with van der Waals surface area (Å²) >= 11 is 5.69. The Bertz CT molecular complexity index is 377. The van der Waals surface area contributed by atoms with Crippen LogP contribution in [0.25, 0.3) is 0 Å². The first-order valence-electron chi connectivity index (χ1n) is 5.45. The monoisotopic (exact) mass is 256 g/mol. The molecule has 0 radical (unpaired) electrons. The minimum atomic E-state index is -0.229. The van der Waals surface area contributed by atoms with E-state index in [1.165, 1.54) is 6.20 Å². The van der Waals surface area contributed by atoms with E-state index in [4.69, 9.17) is 16.7 Å². The zero-order valence-corrected chi connectivity index (χ0v) is 10.8. The molecule has 0 aliphatic rings. The normalized spacial score (nSPS) is 11.3. The maximum atomic E-state index is 11.7. The van der Waals surface area contributed by atoms with E-state index in [2.05, 4.69) is 10.3 Å². The van der Waals surface area contributed by atoms with Crippen LogP contribution >= 0.6 is 11.6 Å². The van der Waals surface area contributed by atoms with Crippen molar-refractivity contribution in [1.82, 2.24) is 10.3 Å². The minimum absolute atomic E-state index is 0.113. The molecule has 0 atom stereocenters. The molecule has 0 aliphatic carbocycles. The zero-order chi connectivity index (χ0) is 12.9. The molecule has 0 saturated heterocycles. The highest BCUT2D eigenvalue weighted by Crippen LogP contribution is 2.18. The molecule has 0 spiro atoms. The third-order valence-corrected chi connectivity index (χ3v) is 2.70. The highest BCUT2D eigenvalue weighted by molar-refractivity contribution is 6.30. The van der Waals surface area contributed by atoms with E-state index < -0.39 is 0 Å². The van der Waals surface area contributed by atoms with Crippen LogP contribution in [-0.4, -0.2) is 29.1 Å². The van der Waals surface area contributed by atoms with Crippen molar-refractivity contribution in [2.75, 3.05) is 13.2 Å². The van der Waals surface area contributed by atoms with E-state index in [-0.39, 0.29) is 17.9 Å². The number of hydrogen-bond acceptors (Lipinski definition) is 3. The van der Waals surface area contributed by atoms with Gasteiger partial charge in [-0.1, -0.05) is 25.4 Å². The van der Waals surface area contributed by atoms with Crippen molar-refractivity contribution >= 4 is 17.5 Å². The lowest BCUT2D eigenvalue weighted by molar-refractivity contribution is 0.0923.